The first-order valence-corrected chi connectivity index (χ1v) is 4.53. The molecule has 3 nitrogen and oxygen atoms in total. The van der Waals surface area contributed by atoms with Crippen molar-refractivity contribution in [2.24, 2.45) is 0 Å². The molecule has 0 aliphatic rings. The molecule has 0 radical (unpaired) electrons. The Bertz CT molecular complexity index is 454. The van der Waals surface area contributed by atoms with E-state index >= 15 is 0 Å². The van der Waals surface area contributed by atoms with E-state index in [9.17, 15) is 4.79 Å². The highest BCUT2D eigenvalue weighted by atomic mass is 16.5. The number of nitrogens with zero attached hydrogens (tertiary/aromatic N) is 1. The van der Waals surface area contributed by atoms with Crippen molar-refractivity contribution in [1.82, 2.24) is 4.98 Å². The molecule has 0 saturated heterocycles. The van der Waals surface area contributed by atoms with Gasteiger partial charge in [-0.25, -0.2) is 4.98 Å². The highest BCUT2D eigenvalue weighted by Gasteiger charge is 2.02. The maximum Gasteiger partial charge on any atom is 0.219 e. The number of ether oxygens (including phenoxy) is 1. The SMILES string of the molecule is O=Cc1ccccc1Oc1ccccn1. The van der Waals surface area contributed by atoms with Crippen molar-refractivity contribution in [3.8, 4) is 11.6 Å². The number of benzene rings is 1. The van der Waals surface area contributed by atoms with Crippen molar-refractivity contribution in [3.05, 3.63) is 54.2 Å². The Morgan fingerprint density at radius 1 is 1.07 bits per heavy atom. The lowest BCUT2D eigenvalue weighted by atomic mass is 10.2. The molecule has 1 aromatic heterocycles. The summed E-state index contributed by atoms with van der Waals surface area (Å²) >= 11 is 0. The van der Waals surface area contributed by atoms with Crippen LogP contribution in [0.3, 0.4) is 0 Å². The minimum atomic E-state index is 0.479. The predicted molar refractivity (Wildman–Crippen MR) is 56.1 cm³/mol. The number of hydrogen-bond donors (Lipinski definition) is 0. The van der Waals surface area contributed by atoms with Crippen LogP contribution in [0.15, 0.2) is 48.7 Å². The van der Waals surface area contributed by atoms with Crippen molar-refractivity contribution < 1.29 is 9.53 Å². The van der Waals surface area contributed by atoms with E-state index in [1.165, 1.54) is 0 Å². The average Bonchev–Trinajstić information content (AvgIpc) is 2.31. The summed E-state index contributed by atoms with van der Waals surface area (Å²) in [7, 11) is 0. The van der Waals surface area contributed by atoms with E-state index in [0.29, 0.717) is 17.2 Å². The summed E-state index contributed by atoms with van der Waals surface area (Å²) in [4.78, 5) is 14.7. The summed E-state index contributed by atoms with van der Waals surface area (Å²) in [6, 6.07) is 12.4. The van der Waals surface area contributed by atoms with Gasteiger partial charge in [0.15, 0.2) is 6.29 Å². The largest absolute Gasteiger partial charge is 0.438 e. The average molecular weight is 199 g/mol. The van der Waals surface area contributed by atoms with Gasteiger partial charge in [-0.2, -0.15) is 0 Å². The lowest BCUT2D eigenvalue weighted by Crippen LogP contribution is -1.91. The number of aromatic nitrogens is 1. The lowest BCUT2D eigenvalue weighted by molar-refractivity contribution is 0.112. The van der Waals surface area contributed by atoms with Gasteiger partial charge < -0.3 is 4.74 Å². The zero-order valence-corrected chi connectivity index (χ0v) is 7.96. The van der Waals surface area contributed by atoms with Crippen molar-refractivity contribution in [1.29, 1.82) is 0 Å². The fraction of sp³-hybridized carbons (Fsp3) is 0. The van der Waals surface area contributed by atoms with Crippen LogP contribution in [0.1, 0.15) is 10.4 Å². The zero-order chi connectivity index (χ0) is 10.5. The van der Waals surface area contributed by atoms with E-state index in [1.54, 1.807) is 36.5 Å². The van der Waals surface area contributed by atoms with Crippen LogP contribution < -0.4 is 4.74 Å². The fourth-order valence-corrected chi connectivity index (χ4v) is 1.19. The van der Waals surface area contributed by atoms with E-state index in [-0.39, 0.29) is 0 Å². The highest BCUT2D eigenvalue weighted by molar-refractivity contribution is 5.79. The molecule has 0 spiro atoms. The highest BCUT2D eigenvalue weighted by Crippen LogP contribution is 2.21. The number of pyridine rings is 1. The maximum atomic E-state index is 10.7. The van der Waals surface area contributed by atoms with E-state index in [0.717, 1.165) is 6.29 Å². The van der Waals surface area contributed by atoms with E-state index in [1.807, 2.05) is 12.1 Å². The minimum absolute atomic E-state index is 0.479. The molecule has 0 bridgehead atoms. The topological polar surface area (TPSA) is 39.2 Å². The summed E-state index contributed by atoms with van der Waals surface area (Å²) in [6.45, 7) is 0. The van der Waals surface area contributed by atoms with Crippen molar-refractivity contribution >= 4 is 6.29 Å². The molecule has 0 unspecified atom stereocenters. The lowest BCUT2D eigenvalue weighted by Gasteiger charge is -2.05. The molecule has 1 aromatic carbocycles. The van der Waals surface area contributed by atoms with Crippen LogP contribution in [-0.4, -0.2) is 11.3 Å². The molecule has 3 heteroatoms. The van der Waals surface area contributed by atoms with Gasteiger partial charge in [-0.3, -0.25) is 4.79 Å². The third-order valence-electron chi connectivity index (χ3n) is 1.90. The normalized spacial score (nSPS) is 9.60. The van der Waals surface area contributed by atoms with Gasteiger partial charge >= 0.3 is 0 Å². The van der Waals surface area contributed by atoms with E-state index in [4.69, 9.17) is 4.74 Å². The number of rotatable bonds is 3. The predicted octanol–water partition coefficient (Wildman–Crippen LogP) is 2.69. The third kappa shape index (κ3) is 2.20. The van der Waals surface area contributed by atoms with Crippen molar-refractivity contribution in [2.45, 2.75) is 0 Å². The first kappa shape index (κ1) is 9.40. The summed E-state index contributed by atoms with van der Waals surface area (Å²) < 4.78 is 5.46. The summed E-state index contributed by atoms with van der Waals surface area (Å²) in [5.41, 5.74) is 0.517. The van der Waals surface area contributed by atoms with Gasteiger partial charge in [0.05, 0.1) is 5.56 Å². The molecule has 0 aliphatic heterocycles. The van der Waals surface area contributed by atoms with Crippen LogP contribution >= 0.6 is 0 Å². The molecule has 1 heterocycles. The summed E-state index contributed by atoms with van der Waals surface area (Å²) in [5.74, 6) is 0.998. The molecular weight excluding hydrogens is 190 g/mol. The molecule has 0 atom stereocenters. The Morgan fingerprint density at radius 3 is 2.60 bits per heavy atom. The first-order valence-electron chi connectivity index (χ1n) is 4.53. The number of carbonyl (C=O) groups excluding carboxylic acids is 1. The van der Waals surface area contributed by atoms with Crippen molar-refractivity contribution in [3.63, 3.8) is 0 Å². The quantitative estimate of drug-likeness (QED) is 0.713. The van der Waals surface area contributed by atoms with Crippen LogP contribution in [0.25, 0.3) is 0 Å². The number of aldehydes is 1. The van der Waals surface area contributed by atoms with Gasteiger partial charge in [0.2, 0.25) is 5.88 Å². The Hall–Kier alpha value is -2.16. The van der Waals surface area contributed by atoms with Gasteiger partial charge in [0, 0.05) is 12.3 Å². The van der Waals surface area contributed by atoms with Crippen molar-refractivity contribution in [2.75, 3.05) is 0 Å². The van der Waals surface area contributed by atoms with Crippen LogP contribution in [0.5, 0.6) is 11.6 Å². The maximum absolute atomic E-state index is 10.7. The molecule has 15 heavy (non-hydrogen) atoms. The summed E-state index contributed by atoms with van der Waals surface area (Å²) in [5, 5.41) is 0. The Kier molecular flexibility index (Phi) is 2.74. The molecule has 0 fully saturated rings. The number of para-hydroxylation sites is 1. The number of hydrogen-bond acceptors (Lipinski definition) is 3. The van der Waals surface area contributed by atoms with Gasteiger partial charge in [-0.15, -0.1) is 0 Å². The minimum Gasteiger partial charge on any atom is -0.438 e. The zero-order valence-electron chi connectivity index (χ0n) is 7.96. The molecule has 74 valence electrons. The molecule has 2 aromatic rings. The second-order valence-corrected chi connectivity index (χ2v) is 2.93. The number of carbonyl (C=O) groups is 1. The van der Waals surface area contributed by atoms with Gasteiger partial charge in [0.1, 0.15) is 5.75 Å². The van der Waals surface area contributed by atoms with Crippen LogP contribution in [0, 0.1) is 0 Å². The van der Waals surface area contributed by atoms with Crippen LogP contribution in [0.4, 0.5) is 0 Å². The molecule has 0 aliphatic carbocycles. The molecule has 2 rings (SSSR count). The van der Waals surface area contributed by atoms with E-state index < -0.39 is 0 Å². The molecular formula is C12H9NO2. The van der Waals surface area contributed by atoms with Gasteiger partial charge in [-0.05, 0) is 18.2 Å². The molecule has 0 amide bonds. The Morgan fingerprint density at radius 2 is 1.87 bits per heavy atom. The second kappa shape index (κ2) is 4.37. The molecule has 0 saturated carbocycles. The third-order valence-corrected chi connectivity index (χ3v) is 1.90. The monoisotopic (exact) mass is 199 g/mol. The Balaban J connectivity index is 2.28. The van der Waals surface area contributed by atoms with E-state index in [2.05, 4.69) is 4.98 Å². The van der Waals surface area contributed by atoms with Gasteiger partial charge in [-0.1, -0.05) is 18.2 Å². The Labute approximate surface area is 87.3 Å². The summed E-state index contributed by atoms with van der Waals surface area (Å²) in [6.07, 6.45) is 2.40. The second-order valence-electron chi connectivity index (χ2n) is 2.93. The standard InChI is InChI=1S/C12H9NO2/c14-9-10-5-1-2-6-11(10)15-12-7-3-4-8-13-12/h1-9H. The fourth-order valence-electron chi connectivity index (χ4n) is 1.19. The smallest absolute Gasteiger partial charge is 0.219 e. The first-order chi connectivity index (χ1) is 7.40. The van der Waals surface area contributed by atoms with Gasteiger partial charge in [0.25, 0.3) is 0 Å². The van der Waals surface area contributed by atoms with Crippen LogP contribution in [0.2, 0.25) is 0 Å². The van der Waals surface area contributed by atoms with Crippen LogP contribution in [-0.2, 0) is 0 Å². The molecule has 0 N–H and O–H groups in total.